The van der Waals surface area contributed by atoms with Crippen LogP contribution < -0.4 is 11.0 Å². The summed E-state index contributed by atoms with van der Waals surface area (Å²) in [5, 5.41) is 0.477. The standard InChI is InChI=1S/C20H32N3O6P.ClH/c1-4-27-20(25)23-13-11-22(12-14-23)19(24)18(21)15-16-7-9-17(10-8-16)30(26,28-5-2)29-6-3;/h7-10,18H,4-6,11-15,21H2,1-3H3;1H/t18-;/m0./s1. The van der Waals surface area contributed by atoms with Crippen LogP contribution in [0, 0.1) is 0 Å². The maximum atomic E-state index is 12.8. The monoisotopic (exact) mass is 477 g/mol. The van der Waals surface area contributed by atoms with E-state index in [1.54, 1.807) is 54.8 Å². The summed E-state index contributed by atoms with van der Waals surface area (Å²) in [6, 6.07) is 6.25. The summed E-state index contributed by atoms with van der Waals surface area (Å²) in [6.45, 7) is 7.87. The van der Waals surface area contributed by atoms with E-state index >= 15 is 0 Å². The zero-order valence-electron chi connectivity index (χ0n) is 18.3. The predicted octanol–water partition coefficient (Wildman–Crippen LogP) is 2.17. The van der Waals surface area contributed by atoms with Gasteiger partial charge in [0, 0.05) is 26.2 Å². The normalized spacial score (nSPS) is 15.2. The molecule has 0 aromatic heterocycles. The van der Waals surface area contributed by atoms with Crippen LogP contribution in [0.5, 0.6) is 0 Å². The molecule has 2 N–H and O–H groups in total. The van der Waals surface area contributed by atoms with Gasteiger partial charge in [-0.1, -0.05) is 12.1 Å². The summed E-state index contributed by atoms with van der Waals surface area (Å²) in [4.78, 5) is 27.7. The number of halogens is 1. The van der Waals surface area contributed by atoms with E-state index in [-0.39, 0.29) is 37.6 Å². The van der Waals surface area contributed by atoms with E-state index in [0.29, 0.717) is 44.5 Å². The van der Waals surface area contributed by atoms with Crippen molar-refractivity contribution in [3.63, 3.8) is 0 Å². The molecule has 0 spiro atoms. The van der Waals surface area contributed by atoms with Gasteiger partial charge in [-0.3, -0.25) is 9.36 Å². The van der Waals surface area contributed by atoms with Crippen molar-refractivity contribution < 1.29 is 27.9 Å². The van der Waals surface area contributed by atoms with Gasteiger partial charge in [-0.15, -0.1) is 12.4 Å². The molecule has 1 heterocycles. The van der Waals surface area contributed by atoms with Gasteiger partial charge >= 0.3 is 13.7 Å². The van der Waals surface area contributed by atoms with Crippen molar-refractivity contribution in [2.75, 3.05) is 46.0 Å². The largest absolute Gasteiger partial charge is 0.450 e. The lowest BCUT2D eigenvalue weighted by Crippen LogP contribution is -2.54. The van der Waals surface area contributed by atoms with E-state index in [0.717, 1.165) is 5.56 Å². The number of ether oxygens (including phenoxy) is 1. The molecular formula is C20H33ClN3O6P. The summed E-state index contributed by atoms with van der Waals surface area (Å²) in [7, 11) is -3.33. The second-order valence-electron chi connectivity index (χ2n) is 6.82. The first-order chi connectivity index (χ1) is 14.3. The first kappa shape index (κ1) is 27.4. The Balaban J connectivity index is 0.00000480. The van der Waals surface area contributed by atoms with Gasteiger partial charge in [0.1, 0.15) is 0 Å². The molecule has 0 radical (unpaired) electrons. The van der Waals surface area contributed by atoms with Crippen LogP contribution >= 0.6 is 20.0 Å². The third kappa shape index (κ3) is 7.47. The fourth-order valence-corrected chi connectivity index (χ4v) is 4.81. The van der Waals surface area contributed by atoms with Crippen LogP contribution in [0.25, 0.3) is 0 Å². The smallest absolute Gasteiger partial charge is 0.409 e. The minimum Gasteiger partial charge on any atom is -0.450 e. The maximum Gasteiger partial charge on any atom is 0.409 e. The van der Waals surface area contributed by atoms with E-state index in [1.165, 1.54) is 0 Å². The van der Waals surface area contributed by atoms with Gasteiger partial charge in [0.15, 0.2) is 0 Å². The number of piperazine rings is 1. The average Bonchev–Trinajstić information content (AvgIpc) is 2.74. The molecule has 2 amide bonds. The number of rotatable bonds is 9. The van der Waals surface area contributed by atoms with Crippen molar-refractivity contribution in [1.82, 2.24) is 9.80 Å². The summed E-state index contributed by atoms with van der Waals surface area (Å²) in [6.07, 6.45) is -0.00417. The molecule has 0 bridgehead atoms. The van der Waals surface area contributed by atoms with Gasteiger partial charge in [0.05, 0.1) is 31.2 Å². The number of nitrogens with zero attached hydrogens (tertiary/aromatic N) is 2. The average molecular weight is 478 g/mol. The zero-order chi connectivity index (χ0) is 22.1. The Hall–Kier alpha value is -1.64. The highest BCUT2D eigenvalue weighted by molar-refractivity contribution is 7.62. The molecule has 176 valence electrons. The molecule has 11 heteroatoms. The predicted molar refractivity (Wildman–Crippen MR) is 121 cm³/mol. The molecule has 1 aliphatic rings. The molecule has 0 unspecified atom stereocenters. The molecular weight excluding hydrogens is 445 g/mol. The first-order valence-electron chi connectivity index (χ1n) is 10.3. The fraction of sp³-hybridized carbons (Fsp3) is 0.600. The molecule has 1 aromatic carbocycles. The number of hydrogen-bond donors (Lipinski definition) is 1. The van der Waals surface area contributed by atoms with Crippen LogP contribution in [0.15, 0.2) is 24.3 Å². The number of carbonyl (C=O) groups excluding carboxylic acids is 2. The number of carbonyl (C=O) groups is 2. The third-order valence-electron chi connectivity index (χ3n) is 4.74. The SMILES string of the molecule is CCOC(=O)N1CCN(C(=O)[C@@H](N)Cc2ccc(P(=O)(OCC)OCC)cc2)CC1.Cl. The van der Waals surface area contributed by atoms with Crippen molar-refractivity contribution in [2.45, 2.75) is 33.2 Å². The summed E-state index contributed by atoms with van der Waals surface area (Å²) >= 11 is 0. The fourth-order valence-electron chi connectivity index (χ4n) is 3.24. The quantitative estimate of drug-likeness (QED) is 0.542. The molecule has 9 nitrogen and oxygen atoms in total. The second kappa shape index (κ2) is 13.0. The highest BCUT2D eigenvalue weighted by Gasteiger charge is 2.29. The molecule has 1 fully saturated rings. The number of nitrogens with two attached hydrogens (primary N) is 1. The minimum atomic E-state index is -3.33. The molecule has 1 atom stereocenters. The van der Waals surface area contributed by atoms with Crippen LogP contribution in [0.1, 0.15) is 26.3 Å². The summed E-state index contributed by atoms with van der Waals surface area (Å²) in [5.74, 6) is -0.156. The minimum absolute atomic E-state index is 0. The molecule has 31 heavy (non-hydrogen) atoms. The second-order valence-corrected chi connectivity index (χ2v) is 8.85. The Morgan fingerprint density at radius 1 is 0.968 bits per heavy atom. The van der Waals surface area contributed by atoms with E-state index < -0.39 is 13.6 Å². The van der Waals surface area contributed by atoms with Gasteiger partial charge < -0.3 is 29.3 Å². The van der Waals surface area contributed by atoms with Gasteiger partial charge in [-0.05, 0) is 44.9 Å². The van der Waals surface area contributed by atoms with Gasteiger partial charge in [0.2, 0.25) is 5.91 Å². The summed E-state index contributed by atoms with van der Waals surface area (Å²) < 4.78 is 28.5. The van der Waals surface area contributed by atoms with Crippen molar-refractivity contribution in [3.05, 3.63) is 29.8 Å². The molecule has 2 rings (SSSR count). The number of hydrogen-bond acceptors (Lipinski definition) is 7. The number of benzene rings is 1. The van der Waals surface area contributed by atoms with Crippen molar-refractivity contribution >= 4 is 37.3 Å². The van der Waals surface area contributed by atoms with E-state index in [2.05, 4.69) is 0 Å². The van der Waals surface area contributed by atoms with E-state index in [9.17, 15) is 14.2 Å². The van der Waals surface area contributed by atoms with Crippen LogP contribution in [0.4, 0.5) is 4.79 Å². The van der Waals surface area contributed by atoms with Crippen LogP contribution in [0.3, 0.4) is 0 Å². The Morgan fingerprint density at radius 2 is 1.48 bits per heavy atom. The van der Waals surface area contributed by atoms with Crippen molar-refractivity contribution in [3.8, 4) is 0 Å². The molecule has 0 aliphatic carbocycles. The van der Waals surface area contributed by atoms with Gasteiger partial charge in [-0.25, -0.2) is 4.79 Å². The van der Waals surface area contributed by atoms with Gasteiger partial charge in [-0.2, -0.15) is 0 Å². The highest BCUT2D eigenvalue weighted by Crippen LogP contribution is 2.46. The highest BCUT2D eigenvalue weighted by atomic mass is 35.5. The number of amides is 2. The van der Waals surface area contributed by atoms with Crippen LogP contribution in [-0.4, -0.2) is 73.8 Å². The zero-order valence-corrected chi connectivity index (χ0v) is 20.0. The van der Waals surface area contributed by atoms with Crippen LogP contribution in [0.2, 0.25) is 0 Å². The third-order valence-corrected chi connectivity index (χ3v) is 6.87. The Kier molecular flexibility index (Phi) is 11.5. The van der Waals surface area contributed by atoms with E-state index in [1.807, 2.05) is 0 Å². The topological polar surface area (TPSA) is 111 Å². The Morgan fingerprint density at radius 3 is 1.97 bits per heavy atom. The Labute approximate surface area is 190 Å². The lowest BCUT2D eigenvalue weighted by molar-refractivity contribution is -0.134. The summed E-state index contributed by atoms with van der Waals surface area (Å²) in [5.41, 5.74) is 6.99. The van der Waals surface area contributed by atoms with Crippen LogP contribution in [-0.2, 0) is 29.6 Å². The van der Waals surface area contributed by atoms with Crippen molar-refractivity contribution in [1.29, 1.82) is 0 Å². The molecule has 0 saturated carbocycles. The van der Waals surface area contributed by atoms with Crippen molar-refractivity contribution in [2.24, 2.45) is 5.73 Å². The van der Waals surface area contributed by atoms with Gasteiger partial charge in [0.25, 0.3) is 0 Å². The molecule has 1 aliphatic heterocycles. The lowest BCUT2D eigenvalue weighted by Gasteiger charge is -2.35. The Bertz CT molecular complexity index is 746. The lowest BCUT2D eigenvalue weighted by atomic mass is 10.1. The van der Waals surface area contributed by atoms with E-state index in [4.69, 9.17) is 19.5 Å². The molecule has 1 aromatic rings. The first-order valence-corrected chi connectivity index (χ1v) is 11.8. The molecule has 1 saturated heterocycles. The maximum absolute atomic E-state index is 12.8.